The number of esters is 1. The van der Waals surface area contributed by atoms with Crippen molar-refractivity contribution in [2.24, 2.45) is 0 Å². The molecular weight excluding hydrogens is 428 g/mol. The zero-order valence-electron chi connectivity index (χ0n) is 17.7. The van der Waals surface area contributed by atoms with Crippen molar-refractivity contribution in [3.63, 3.8) is 0 Å². The third-order valence-corrected chi connectivity index (χ3v) is 5.69. The summed E-state index contributed by atoms with van der Waals surface area (Å²) in [6.07, 6.45) is 0.227. The molecule has 0 amide bonds. The predicted molar refractivity (Wildman–Crippen MR) is 117 cm³/mol. The number of methoxy groups -OCH3 is 1. The highest BCUT2D eigenvalue weighted by molar-refractivity contribution is 6.02. The number of hydrogen-bond acceptors (Lipinski definition) is 8. The van der Waals surface area contributed by atoms with Crippen LogP contribution in [-0.2, 0) is 11.2 Å². The number of carbonyl (C=O) groups excluding carboxylic acids is 2. The lowest BCUT2D eigenvalue weighted by Crippen LogP contribution is -2.22. The molecule has 8 heteroatoms. The Labute approximate surface area is 189 Å². The Kier molecular flexibility index (Phi) is 5.83. The molecule has 0 saturated heterocycles. The molecule has 0 spiro atoms. The van der Waals surface area contributed by atoms with Crippen LogP contribution in [0.15, 0.2) is 48.5 Å². The first-order valence-electron chi connectivity index (χ1n) is 10.3. The number of aromatic hydroxyl groups is 4. The highest BCUT2D eigenvalue weighted by Gasteiger charge is 2.35. The van der Waals surface area contributed by atoms with Crippen molar-refractivity contribution in [1.29, 1.82) is 0 Å². The lowest BCUT2D eigenvalue weighted by Gasteiger charge is -2.27. The van der Waals surface area contributed by atoms with Crippen LogP contribution in [0.5, 0.6) is 34.5 Å². The SMILES string of the molecule is COc1cc(C2CC(=O)Oc3cc(O)c(C(=O)CCc4ccc(O)cc4)c(O)c32)ccc1O. The van der Waals surface area contributed by atoms with Crippen molar-refractivity contribution in [3.05, 3.63) is 70.8 Å². The van der Waals surface area contributed by atoms with Crippen LogP contribution < -0.4 is 9.47 Å². The van der Waals surface area contributed by atoms with Crippen LogP contribution in [0.4, 0.5) is 0 Å². The van der Waals surface area contributed by atoms with E-state index in [1.54, 1.807) is 24.3 Å². The van der Waals surface area contributed by atoms with Crippen LogP contribution in [0.1, 0.15) is 45.8 Å². The van der Waals surface area contributed by atoms with E-state index >= 15 is 0 Å². The monoisotopic (exact) mass is 450 g/mol. The van der Waals surface area contributed by atoms with Crippen LogP contribution >= 0.6 is 0 Å². The van der Waals surface area contributed by atoms with Gasteiger partial charge in [-0.15, -0.1) is 0 Å². The number of benzene rings is 3. The van der Waals surface area contributed by atoms with E-state index in [2.05, 4.69) is 0 Å². The quantitative estimate of drug-likeness (QED) is 0.253. The number of rotatable bonds is 6. The van der Waals surface area contributed by atoms with E-state index in [4.69, 9.17) is 9.47 Å². The Morgan fingerprint density at radius 2 is 1.76 bits per heavy atom. The normalized spacial score (nSPS) is 14.9. The summed E-state index contributed by atoms with van der Waals surface area (Å²) in [4.78, 5) is 25.1. The predicted octanol–water partition coefficient (Wildman–Crippen LogP) is 3.77. The minimum Gasteiger partial charge on any atom is -0.508 e. The van der Waals surface area contributed by atoms with Crippen LogP contribution in [-0.4, -0.2) is 39.3 Å². The maximum atomic E-state index is 12.9. The number of Topliss-reactive ketones (excluding diaryl/α,β-unsaturated/α-hetero) is 1. The number of ketones is 1. The molecule has 1 aliphatic rings. The van der Waals surface area contributed by atoms with Crippen molar-refractivity contribution in [2.45, 2.75) is 25.2 Å². The maximum absolute atomic E-state index is 12.9. The summed E-state index contributed by atoms with van der Waals surface area (Å²) >= 11 is 0. The summed E-state index contributed by atoms with van der Waals surface area (Å²) in [5.74, 6) is -2.49. The zero-order chi connectivity index (χ0) is 23.7. The third-order valence-electron chi connectivity index (χ3n) is 5.69. The van der Waals surface area contributed by atoms with Crippen LogP contribution in [0.25, 0.3) is 0 Å². The van der Waals surface area contributed by atoms with Crippen LogP contribution in [0.3, 0.4) is 0 Å². The molecule has 0 radical (unpaired) electrons. The van der Waals surface area contributed by atoms with Gasteiger partial charge < -0.3 is 29.9 Å². The topological polar surface area (TPSA) is 134 Å². The number of carbonyl (C=O) groups is 2. The molecule has 0 bridgehead atoms. The molecule has 0 aliphatic carbocycles. The Balaban J connectivity index is 1.71. The minimum absolute atomic E-state index is 0.00215. The van der Waals surface area contributed by atoms with E-state index < -0.39 is 29.2 Å². The fourth-order valence-electron chi connectivity index (χ4n) is 4.02. The maximum Gasteiger partial charge on any atom is 0.312 e. The van der Waals surface area contributed by atoms with E-state index in [1.165, 1.54) is 25.3 Å². The second-order valence-corrected chi connectivity index (χ2v) is 7.78. The van der Waals surface area contributed by atoms with Gasteiger partial charge in [-0.3, -0.25) is 9.59 Å². The van der Waals surface area contributed by atoms with Gasteiger partial charge in [-0.2, -0.15) is 0 Å². The van der Waals surface area contributed by atoms with Gasteiger partial charge in [0.15, 0.2) is 17.3 Å². The molecule has 4 N–H and O–H groups in total. The fraction of sp³-hybridized carbons (Fsp3) is 0.200. The van der Waals surface area contributed by atoms with Crippen molar-refractivity contribution < 1.29 is 39.5 Å². The van der Waals surface area contributed by atoms with E-state index in [1.807, 2.05) is 0 Å². The average Bonchev–Trinajstić information content (AvgIpc) is 2.78. The van der Waals surface area contributed by atoms with Crippen LogP contribution in [0, 0.1) is 0 Å². The Morgan fingerprint density at radius 1 is 1.03 bits per heavy atom. The molecule has 4 rings (SSSR count). The molecule has 3 aromatic carbocycles. The third kappa shape index (κ3) is 4.27. The standard InChI is InChI=1S/C25H22O8/c1-32-20-10-14(5-9-17(20)27)16-11-22(30)33-21-12-19(29)24(25(31)23(16)21)18(28)8-4-13-2-6-15(26)7-3-13/h2-3,5-7,9-10,12,16,26-27,29,31H,4,8,11H2,1H3. The Hall–Kier alpha value is -4.20. The largest absolute Gasteiger partial charge is 0.508 e. The summed E-state index contributed by atoms with van der Waals surface area (Å²) in [6, 6.07) is 12.1. The molecular formula is C25H22O8. The highest BCUT2D eigenvalue weighted by Crippen LogP contribution is 2.49. The summed E-state index contributed by atoms with van der Waals surface area (Å²) in [7, 11) is 1.39. The van der Waals surface area contributed by atoms with Gasteiger partial charge in [0.05, 0.1) is 13.5 Å². The summed E-state index contributed by atoms with van der Waals surface area (Å²) in [5, 5.41) is 40.8. The first-order chi connectivity index (χ1) is 15.8. The molecule has 8 nitrogen and oxygen atoms in total. The lowest BCUT2D eigenvalue weighted by molar-refractivity contribution is -0.135. The van der Waals surface area contributed by atoms with Gasteiger partial charge in [-0.05, 0) is 41.8 Å². The van der Waals surface area contributed by atoms with E-state index in [0.717, 1.165) is 11.6 Å². The van der Waals surface area contributed by atoms with E-state index in [-0.39, 0.29) is 47.0 Å². The Bertz CT molecular complexity index is 1230. The number of fused-ring (bicyclic) bond motifs is 1. The first-order valence-corrected chi connectivity index (χ1v) is 10.3. The van der Waals surface area contributed by atoms with Crippen molar-refractivity contribution in [1.82, 2.24) is 0 Å². The fourth-order valence-corrected chi connectivity index (χ4v) is 4.02. The van der Waals surface area contributed by atoms with Gasteiger partial charge in [0.25, 0.3) is 0 Å². The molecule has 3 aromatic rings. The molecule has 1 atom stereocenters. The zero-order valence-corrected chi connectivity index (χ0v) is 17.7. The van der Waals surface area contributed by atoms with Gasteiger partial charge in [-0.25, -0.2) is 0 Å². The number of hydrogen-bond donors (Lipinski definition) is 4. The van der Waals surface area contributed by atoms with E-state index in [9.17, 15) is 30.0 Å². The Morgan fingerprint density at radius 3 is 2.45 bits per heavy atom. The van der Waals surface area contributed by atoms with E-state index in [0.29, 0.717) is 12.0 Å². The molecule has 0 saturated carbocycles. The minimum atomic E-state index is -0.681. The highest BCUT2D eigenvalue weighted by atomic mass is 16.5. The van der Waals surface area contributed by atoms with Gasteiger partial charge in [0.1, 0.15) is 28.6 Å². The van der Waals surface area contributed by atoms with Gasteiger partial charge >= 0.3 is 5.97 Å². The van der Waals surface area contributed by atoms with Gasteiger partial charge in [0, 0.05) is 24.0 Å². The first kappa shape index (κ1) is 22.0. The molecule has 1 unspecified atom stereocenters. The van der Waals surface area contributed by atoms with Crippen molar-refractivity contribution >= 4 is 11.8 Å². The molecule has 1 aliphatic heterocycles. The van der Waals surface area contributed by atoms with Gasteiger partial charge in [0.2, 0.25) is 0 Å². The molecule has 0 fully saturated rings. The summed E-state index contributed by atoms with van der Waals surface area (Å²) in [6.45, 7) is 0. The second kappa shape index (κ2) is 8.74. The number of ether oxygens (including phenoxy) is 2. The second-order valence-electron chi connectivity index (χ2n) is 7.78. The average molecular weight is 450 g/mol. The molecule has 0 aromatic heterocycles. The van der Waals surface area contributed by atoms with Crippen LogP contribution in [0.2, 0.25) is 0 Å². The van der Waals surface area contributed by atoms with Gasteiger partial charge in [-0.1, -0.05) is 18.2 Å². The molecule has 170 valence electrons. The number of phenols is 4. The number of aryl methyl sites for hydroxylation is 1. The van der Waals surface area contributed by atoms with Crippen molar-refractivity contribution in [3.8, 4) is 34.5 Å². The summed E-state index contributed by atoms with van der Waals surface area (Å²) in [5.41, 5.74) is 1.32. The lowest BCUT2D eigenvalue weighted by atomic mass is 9.83. The summed E-state index contributed by atoms with van der Waals surface area (Å²) < 4.78 is 10.4. The van der Waals surface area contributed by atoms with Crippen molar-refractivity contribution in [2.75, 3.05) is 7.11 Å². The number of phenolic OH excluding ortho intramolecular Hbond substituents is 4. The molecule has 1 heterocycles. The smallest absolute Gasteiger partial charge is 0.312 e. The molecule has 33 heavy (non-hydrogen) atoms.